The van der Waals surface area contributed by atoms with Gasteiger partial charge in [0.25, 0.3) is 0 Å². The van der Waals surface area contributed by atoms with Gasteiger partial charge in [0.1, 0.15) is 11.5 Å². The molecule has 0 spiro atoms. The molecule has 0 aliphatic carbocycles. The number of benzene rings is 1. The van der Waals surface area contributed by atoms with Crippen LogP contribution in [0.25, 0.3) is 0 Å². The van der Waals surface area contributed by atoms with Crippen LogP contribution in [0.5, 0.6) is 11.5 Å². The van der Waals surface area contributed by atoms with E-state index in [0.29, 0.717) is 0 Å². The molecule has 0 radical (unpaired) electrons. The van der Waals surface area contributed by atoms with Crippen molar-refractivity contribution in [3.8, 4) is 11.5 Å². The molecule has 1 aromatic carbocycles. The molecular formula is C13H16N2O2S3. The first-order valence-corrected chi connectivity index (χ1v) is 8.85. The molecule has 20 heavy (non-hydrogen) atoms. The van der Waals surface area contributed by atoms with E-state index in [9.17, 15) is 0 Å². The predicted molar refractivity (Wildman–Crippen MR) is 85.4 cm³/mol. The van der Waals surface area contributed by atoms with Crippen molar-refractivity contribution in [2.24, 2.45) is 0 Å². The van der Waals surface area contributed by atoms with Gasteiger partial charge in [0.2, 0.25) is 0 Å². The molecule has 1 heterocycles. The molecule has 108 valence electrons. The van der Waals surface area contributed by atoms with Gasteiger partial charge in [-0.1, -0.05) is 41.8 Å². The van der Waals surface area contributed by atoms with Crippen LogP contribution in [0.1, 0.15) is 12.5 Å². The number of hydrogen-bond donors (Lipinski definition) is 0. The molecule has 1 aromatic heterocycles. The third-order valence-electron chi connectivity index (χ3n) is 2.49. The third kappa shape index (κ3) is 4.04. The average molecular weight is 328 g/mol. The van der Waals surface area contributed by atoms with Gasteiger partial charge < -0.3 is 9.47 Å². The molecule has 0 amide bonds. The number of ether oxygens (including phenoxy) is 2. The summed E-state index contributed by atoms with van der Waals surface area (Å²) >= 11 is 5.02. The summed E-state index contributed by atoms with van der Waals surface area (Å²) in [6, 6.07) is 5.82. The fraction of sp³-hybridized carbons (Fsp3) is 0.385. The SMILES string of the molecule is CCSc1nnc(SCc2cc(OC)ccc2OC)s1. The highest BCUT2D eigenvalue weighted by molar-refractivity contribution is 8.02. The summed E-state index contributed by atoms with van der Waals surface area (Å²) in [7, 11) is 3.34. The minimum absolute atomic E-state index is 0.784. The summed E-state index contributed by atoms with van der Waals surface area (Å²) in [5.41, 5.74) is 1.09. The van der Waals surface area contributed by atoms with Crippen molar-refractivity contribution in [2.45, 2.75) is 21.4 Å². The zero-order valence-electron chi connectivity index (χ0n) is 11.6. The molecular weight excluding hydrogens is 312 g/mol. The summed E-state index contributed by atoms with van der Waals surface area (Å²) in [5, 5.41) is 8.34. The second-order valence-corrected chi connectivity index (χ2v) is 7.44. The molecule has 0 aliphatic rings. The largest absolute Gasteiger partial charge is 0.497 e. The van der Waals surface area contributed by atoms with Gasteiger partial charge >= 0.3 is 0 Å². The van der Waals surface area contributed by atoms with Crippen LogP contribution in [-0.4, -0.2) is 30.2 Å². The number of methoxy groups -OCH3 is 2. The van der Waals surface area contributed by atoms with Crippen LogP contribution in [0.4, 0.5) is 0 Å². The normalized spacial score (nSPS) is 10.6. The lowest BCUT2D eigenvalue weighted by Gasteiger charge is -2.09. The summed E-state index contributed by atoms with van der Waals surface area (Å²) in [4.78, 5) is 0. The Morgan fingerprint density at radius 3 is 2.50 bits per heavy atom. The van der Waals surface area contributed by atoms with Crippen LogP contribution in [0.3, 0.4) is 0 Å². The van der Waals surface area contributed by atoms with Crippen molar-refractivity contribution < 1.29 is 9.47 Å². The van der Waals surface area contributed by atoms with Crippen molar-refractivity contribution in [3.05, 3.63) is 23.8 Å². The van der Waals surface area contributed by atoms with Gasteiger partial charge in [-0.05, 0) is 24.0 Å². The smallest absolute Gasteiger partial charge is 0.175 e. The van der Waals surface area contributed by atoms with Crippen LogP contribution >= 0.6 is 34.9 Å². The van der Waals surface area contributed by atoms with Gasteiger partial charge in [-0.3, -0.25) is 0 Å². The van der Waals surface area contributed by atoms with Gasteiger partial charge in [0, 0.05) is 11.3 Å². The Hall–Kier alpha value is -0.920. The zero-order chi connectivity index (χ0) is 14.4. The second kappa shape index (κ2) is 7.75. The topological polar surface area (TPSA) is 44.2 Å². The number of aromatic nitrogens is 2. The first-order chi connectivity index (χ1) is 9.76. The predicted octanol–water partition coefficient (Wildman–Crippen LogP) is 3.96. The molecule has 7 heteroatoms. The van der Waals surface area contributed by atoms with E-state index in [4.69, 9.17) is 9.47 Å². The zero-order valence-corrected chi connectivity index (χ0v) is 14.0. The third-order valence-corrected chi connectivity index (χ3v) is 5.62. The highest BCUT2D eigenvalue weighted by atomic mass is 32.2. The van der Waals surface area contributed by atoms with Crippen LogP contribution in [-0.2, 0) is 5.75 Å². The van der Waals surface area contributed by atoms with E-state index in [1.54, 1.807) is 49.1 Å². The highest BCUT2D eigenvalue weighted by Gasteiger charge is 2.09. The Bertz CT molecular complexity index is 560. The maximum atomic E-state index is 5.37. The maximum absolute atomic E-state index is 5.37. The van der Waals surface area contributed by atoms with Crippen molar-refractivity contribution in [1.82, 2.24) is 10.2 Å². The Morgan fingerprint density at radius 2 is 1.85 bits per heavy atom. The van der Waals surface area contributed by atoms with E-state index in [2.05, 4.69) is 17.1 Å². The lowest BCUT2D eigenvalue weighted by atomic mass is 10.2. The highest BCUT2D eigenvalue weighted by Crippen LogP contribution is 2.33. The van der Waals surface area contributed by atoms with E-state index in [-0.39, 0.29) is 0 Å². The van der Waals surface area contributed by atoms with Gasteiger partial charge in [-0.2, -0.15) is 0 Å². The minimum atomic E-state index is 0.784. The summed E-state index contributed by atoms with van der Waals surface area (Å²) < 4.78 is 12.6. The summed E-state index contributed by atoms with van der Waals surface area (Å²) in [5.74, 6) is 3.50. The molecule has 0 unspecified atom stereocenters. The molecule has 0 aliphatic heterocycles. The minimum Gasteiger partial charge on any atom is -0.497 e. The number of hydrogen-bond acceptors (Lipinski definition) is 7. The fourth-order valence-electron chi connectivity index (χ4n) is 1.57. The van der Waals surface area contributed by atoms with Crippen molar-refractivity contribution in [3.63, 3.8) is 0 Å². The van der Waals surface area contributed by atoms with Crippen LogP contribution in [0.15, 0.2) is 26.9 Å². The number of thioether (sulfide) groups is 2. The van der Waals surface area contributed by atoms with Crippen molar-refractivity contribution in [2.75, 3.05) is 20.0 Å². The lowest BCUT2D eigenvalue weighted by Crippen LogP contribution is -1.92. The monoisotopic (exact) mass is 328 g/mol. The number of nitrogens with zero attached hydrogens (tertiary/aromatic N) is 2. The Labute approximate surface area is 131 Å². The molecule has 2 aromatic rings. The first kappa shape index (κ1) is 15.5. The molecule has 0 saturated carbocycles. The maximum Gasteiger partial charge on any atom is 0.175 e. The van der Waals surface area contributed by atoms with Crippen LogP contribution in [0, 0.1) is 0 Å². The van der Waals surface area contributed by atoms with E-state index in [1.807, 2.05) is 18.2 Å². The standard InChI is InChI=1S/C13H16N2O2S3/c1-4-18-12-14-15-13(20-12)19-8-9-7-10(16-2)5-6-11(9)17-3/h5-7H,4,8H2,1-3H3. The molecule has 0 bridgehead atoms. The molecule has 0 fully saturated rings. The van der Waals surface area contributed by atoms with E-state index < -0.39 is 0 Å². The van der Waals surface area contributed by atoms with Crippen molar-refractivity contribution in [1.29, 1.82) is 0 Å². The van der Waals surface area contributed by atoms with E-state index >= 15 is 0 Å². The Kier molecular flexibility index (Phi) is 6.00. The quantitative estimate of drug-likeness (QED) is 0.717. The van der Waals surface area contributed by atoms with Gasteiger partial charge in [0.05, 0.1) is 14.2 Å². The van der Waals surface area contributed by atoms with Crippen molar-refractivity contribution >= 4 is 34.9 Å². The van der Waals surface area contributed by atoms with E-state index in [0.717, 1.165) is 37.2 Å². The summed E-state index contributed by atoms with van der Waals surface area (Å²) in [6.45, 7) is 2.11. The molecule has 0 saturated heterocycles. The summed E-state index contributed by atoms with van der Waals surface area (Å²) in [6.07, 6.45) is 0. The number of rotatable bonds is 7. The van der Waals surface area contributed by atoms with E-state index in [1.165, 1.54) is 0 Å². The average Bonchev–Trinajstić information content (AvgIpc) is 2.93. The fourth-order valence-corrected chi connectivity index (χ4v) is 4.47. The van der Waals surface area contributed by atoms with Gasteiger partial charge in [-0.15, -0.1) is 10.2 Å². The molecule has 2 rings (SSSR count). The Morgan fingerprint density at radius 1 is 1.10 bits per heavy atom. The first-order valence-electron chi connectivity index (χ1n) is 6.06. The second-order valence-electron chi connectivity index (χ2n) is 3.73. The Balaban J connectivity index is 2.05. The molecule has 4 nitrogen and oxygen atoms in total. The molecule has 0 atom stereocenters. The van der Waals surface area contributed by atoms with Crippen LogP contribution in [0.2, 0.25) is 0 Å². The van der Waals surface area contributed by atoms with Gasteiger partial charge in [0.15, 0.2) is 8.68 Å². The molecule has 0 N–H and O–H groups in total. The van der Waals surface area contributed by atoms with Crippen LogP contribution < -0.4 is 9.47 Å². The lowest BCUT2D eigenvalue weighted by molar-refractivity contribution is 0.400. The van der Waals surface area contributed by atoms with Gasteiger partial charge in [-0.25, -0.2) is 0 Å².